The number of hydrogen-bond acceptors (Lipinski definition) is 6. The van der Waals surface area contributed by atoms with Crippen LogP contribution < -0.4 is 14.8 Å². The lowest BCUT2D eigenvalue weighted by molar-refractivity contribution is 0.0912. The Morgan fingerprint density at radius 1 is 1.17 bits per heavy atom. The Kier molecular flexibility index (Phi) is 10.4. The second kappa shape index (κ2) is 12.0. The lowest BCUT2D eigenvalue weighted by Crippen LogP contribution is -2.37. The van der Waals surface area contributed by atoms with Crippen molar-refractivity contribution >= 4 is 5.91 Å². The number of aliphatic hydroxyl groups excluding tert-OH is 1. The SMILES string of the molecule is CC(C)Oc1nc(OC2CCC2)ncc1C(=O)N[C@@H]1[CH]CCC[C@H](O)CC1.[CH2].[CH2]. The highest BCUT2D eigenvalue weighted by molar-refractivity contribution is 5.96. The number of hydrogen-bond donors (Lipinski definition) is 2. The first kappa shape index (κ1) is 25.1. The second-order valence-electron chi connectivity index (χ2n) is 7.69. The Bertz CT molecular complexity index is 634. The molecule has 2 atom stereocenters. The Labute approximate surface area is 175 Å². The summed E-state index contributed by atoms with van der Waals surface area (Å²) in [5.41, 5.74) is 0.306. The summed E-state index contributed by atoms with van der Waals surface area (Å²) in [6.07, 6.45) is 10.6. The zero-order valence-electron chi connectivity index (χ0n) is 17.6. The second-order valence-corrected chi connectivity index (χ2v) is 7.69. The monoisotopic (exact) mass is 404 g/mol. The molecule has 1 aromatic heterocycles. The van der Waals surface area contributed by atoms with Crippen molar-refractivity contribution in [3.63, 3.8) is 0 Å². The van der Waals surface area contributed by atoms with E-state index in [0.29, 0.717) is 12.0 Å². The maximum absolute atomic E-state index is 12.8. The third-order valence-electron chi connectivity index (χ3n) is 4.97. The van der Waals surface area contributed by atoms with Crippen LogP contribution in [0.15, 0.2) is 6.20 Å². The standard InChI is InChI=1S/C20H30N3O4.2CH2/c1-13(2)26-19-17(12-21-20(23-19)27-16-8-5-9-16)18(25)22-14-6-3-4-7-15(24)11-10-14;;/h6,12-16,24H,3-5,7-11H2,1-2H3,(H,22,25);2*1H2/t14-,15+;;/m1../s1. The quantitative estimate of drug-likeness (QED) is 0.754. The van der Waals surface area contributed by atoms with E-state index in [0.717, 1.165) is 44.9 Å². The predicted octanol–water partition coefficient (Wildman–Crippen LogP) is 3.48. The molecule has 0 spiro atoms. The summed E-state index contributed by atoms with van der Waals surface area (Å²) in [5.74, 6) is -0.0186. The molecule has 1 aromatic rings. The molecule has 2 N–H and O–H groups in total. The van der Waals surface area contributed by atoms with Gasteiger partial charge in [0.25, 0.3) is 5.91 Å². The van der Waals surface area contributed by atoms with Gasteiger partial charge in [0.1, 0.15) is 11.7 Å². The molecule has 2 aliphatic carbocycles. The molecule has 0 aliphatic heterocycles. The molecular weight excluding hydrogens is 370 g/mol. The van der Waals surface area contributed by atoms with E-state index < -0.39 is 0 Å². The van der Waals surface area contributed by atoms with Gasteiger partial charge in [0.05, 0.1) is 18.4 Å². The average molecular weight is 405 g/mol. The number of aromatic nitrogens is 2. The van der Waals surface area contributed by atoms with Crippen LogP contribution >= 0.6 is 0 Å². The van der Waals surface area contributed by atoms with E-state index in [9.17, 15) is 9.90 Å². The molecule has 3 rings (SSSR count). The van der Waals surface area contributed by atoms with Crippen molar-refractivity contribution in [1.29, 1.82) is 0 Å². The summed E-state index contributed by atoms with van der Waals surface area (Å²) >= 11 is 0. The van der Waals surface area contributed by atoms with E-state index in [1.54, 1.807) is 0 Å². The van der Waals surface area contributed by atoms with Crippen molar-refractivity contribution in [3.05, 3.63) is 33.0 Å². The van der Waals surface area contributed by atoms with Crippen LogP contribution in [0.2, 0.25) is 0 Å². The molecule has 5 radical (unpaired) electrons. The molecular formula is C22H34N3O4. The lowest BCUT2D eigenvalue weighted by Gasteiger charge is -2.25. The van der Waals surface area contributed by atoms with E-state index >= 15 is 0 Å². The Morgan fingerprint density at radius 2 is 1.93 bits per heavy atom. The minimum absolute atomic E-state index is 0. The van der Waals surface area contributed by atoms with Crippen molar-refractivity contribution in [3.8, 4) is 11.9 Å². The van der Waals surface area contributed by atoms with Crippen molar-refractivity contribution < 1.29 is 19.4 Å². The van der Waals surface area contributed by atoms with Crippen LogP contribution in [0.4, 0.5) is 0 Å². The number of ether oxygens (including phenoxy) is 2. The van der Waals surface area contributed by atoms with E-state index in [1.807, 2.05) is 13.8 Å². The molecule has 1 heterocycles. The lowest BCUT2D eigenvalue weighted by atomic mass is 9.95. The largest absolute Gasteiger partial charge is 0.474 e. The topological polar surface area (TPSA) is 93.6 Å². The molecule has 7 nitrogen and oxygen atoms in total. The number of carbonyl (C=O) groups is 1. The average Bonchev–Trinajstić information content (AvgIpc) is 2.57. The van der Waals surface area contributed by atoms with Gasteiger partial charge in [0.2, 0.25) is 5.88 Å². The van der Waals surface area contributed by atoms with Crippen LogP contribution in [0, 0.1) is 21.3 Å². The molecule has 161 valence electrons. The third kappa shape index (κ3) is 7.46. The molecule has 29 heavy (non-hydrogen) atoms. The molecule has 7 heteroatoms. The van der Waals surface area contributed by atoms with Crippen molar-refractivity contribution in [2.75, 3.05) is 0 Å². The molecule has 2 saturated carbocycles. The summed E-state index contributed by atoms with van der Waals surface area (Å²) in [5, 5.41) is 12.9. The maximum Gasteiger partial charge on any atom is 0.319 e. The molecule has 2 fully saturated rings. The first-order chi connectivity index (χ1) is 13.0. The molecule has 0 unspecified atom stereocenters. The van der Waals surface area contributed by atoms with Crippen LogP contribution in [-0.2, 0) is 0 Å². The minimum atomic E-state index is -0.288. The van der Waals surface area contributed by atoms with Gasteiger partial charge < -0.3 is 19.9 Å². The van der Waals surface area contributed by atoms with E-state index in [4.69, 9.17) is 9.47 Å². The van der Waals surface area contributed by atoms with Crippen LogP contribution in [0.5, 0.6) is 11.9 Å². The zero-order valence-corrected chi connectivity index (χ0v) is 17.6. The van der Waals surface area contributed by atoms with E-state index in [-0.39, 0.29) is 57.0 Å². The number of carbonyl (C=O) groups excluding carboxylic acids is 1. The molecule has 0 bridgehead atoms. The van der Waals surface area contributed by atoms with Gasteiger partial charge >= 0.3 is 6.01 Å². The van der Waals surface area contributed by atoms with Gasteiger partial charge in [-0.1, -0.05) is 21.3 Å². The highest BCUT2D eigenvalue weighted by Crippen LogP contribution is 2.26. The van der Waals surface area contributed by atoms with Gasteiger partial charge in [-0.15, -0.1) is 0 Å². The normalized spacial score (nSPS) is 22.2. The van der Waals surface area contributed by atoms with Gasteiger partial charge in [-0.2, -0.15) is 4.98 Å². The Hall–Kier alpha value is -1.89. The summed E-state index contributed by atoms with van der Waals surface area (Å²) in [6.45, 7) is 3.78. The summed E-state index contributed by atoms with van der Waals surface area (Å²) in [7, 11) is 0. The van der Waals surface area contributed by atoms with Crippen molar-refractivity contribution in [2.24, 2.45) is 0 Å². The fourth-order valence-corrected chi connectivity index (χ4v) is 3.20. The van der Waals surface area contributed by atoms with Gasteiger partial charge in [0, 0.05) is 6.04 Å². The van der Waals surface area contributed by atoms with Gasteiger partial charge in [-0.25, -0.2) is 4.98 Å². The number of aliphatic hydroxyl groups is 1. The Balaban J connectivity index is 0.00000210. The van der Waals surface area contributed by atoms with Gasteiger partial charge in [-0.05, 0) is 65.2 Å². The van der Waals surface area contributed by atoms with Gasteiger partial charge in [0.15, 0.2) is 0 Å². The minimum Gasteiger partial charge on any atom is -0.474 e. The number of nitrogens with one attached hydrogen (secondary N) is 1. The fourth-order valence-electron chi connectivity index (χ4n) is 3.20. The van der Waals surface area contributed by atoms with Gasteiger partial charge in [-0.3, -0.25) is 4.79 Å². The first-order valence-corrected chi connectivity index (χ1v) is 10.0. The van der Waals surface area contributed by atoms with E-state index in [2.05, 4.69) is 21.7 Å². The maximum atomic E-state index is 12.8. The number of nitrogens with zero attached hydrogens (tertiary/aromatic N) is 2. The van der Waals surface area contributed by atoms with Crippen molar-refractivity contribution in [2.45, 2.75) is 89.6 Å². The zero-order chi connectivity index (χ0) is 19.2. The van der Waals surface area contributed by atoms with Crippen LogP contribution in [0.1, 0.15) is 75.6 Å². The predicted molar refractivity (Wildman–Crippen MR) is 111 cm³/mol. The van der Waals surface area contributed by atoms with Crippen molar-refractivity contribution in [1.82, 2.24) is 15.3 Å². The molecule has 1 amide bonds. The van der Waals surface area contributed by atoms with E-state index in [1.165, 1.54) is 6.20 Å². The molecule has 0 saturated heterocycles. The van der Waals surface area contributed by atoms with Crippen LogP contribution in [0.3, 0.4) is 0 Å². The summed E-state index contributed by atoms with van der Waals surface area (Å²) in [6, 6.07) is 0.179. The molecule has 2 aliphatic rings. The smallest absolute Gasteiger partial charge is 0.319 e. The summed E-state index contributed by atoms with van der Waals surface area (Å²) < 4.78 is 11.5. The first-order valence-electron chi connectivity index (χ1n) is 10.0. The summed E-state index contributed by atoms with van der Waals surface area (Å²) in [4.78, 5) is 21.3. The van der Waals surface area contributed by atoms with Crippen LogP contribution in [0.25, 0.3) is 0 Å². The Morgan fingerprint density at radius 3 is 2.59 bits per heavy atom. The highest BCUT2D eigenvalue weighted by atomic mass is 16.5. The number of rotatable bonds is 6. The fraction of sp³-hybridized carbons (Fsp3) is 0.636. The highest BCUT2D eigenvalue weighted by Gasteiger charge is 2.24. The molecule has 0 aromatic carbocycles. The van der Waals surface area contributed by atoms with Crippen LogP contribution in [-0.4, -0.2) is 45.3 Å². The number of amides is 1. The third-order valence-corrected chi connectivity index (χ3v) is 4.97.